The number of hydrogen-bond acceptors (Lipinski definition) is 6. The highest BCUT2D eigenvalue weighted by Gasteiger charge is 2.55. The molecule has 0 bridgehead atoms. The Labute approximate surface area is 255 Å². The minimum Gasteiger partial charge on any atom is -0.466 e. The van der Waals surface area contributed by atoms with Gasteiger partial charge >= 0.3 is 5.97 Å². The van der Waals surface area contributed by atoms with E-state index < -0.39 is 11.8 Å². The Morgan fingerprint density at radius 2 is 1.62 bits per heavy atom. The van der Waals surface area contributed by atoms with Crippen LogP contribution >= 0.6 is 23.2 Å². The first-order valence-corrected chi connectivity index (χ1v) is 15.1. The molecule has 3 fully saturated rings. The van der Waals surface area contributed by atoms with Crippen molar-refractivity contribution >= 4 is 46.9 Å². The Balaban J connectivity index is 1.35. The average Bonchev–Trinajstić information content (AvgIpc) is 3.36. The molecule has 224 valence electrons. The standard InChI is InChI=1S/C31H35Cl2N3O6/c1-3-41-30(40)21-10-14-34(15-11-21)29(39)26-19-42-31(36(26)28(38)23-7-5-4-6-20(23)2)12-16-35(17-13-31)27(37)22-8-9-24(32)25(33)18-22/h4-9,18,21,26H,3,10-17,19H2,1-2H3/t26-/m0/s1. The van der Waals surface area contributed by atoms with Crippen molar-refractivity contribution in [2.24, 2.45) is 5.92 Å². The number of esters is 1. The predicted octanol–water partition coefficient (Wildman–Crippen LogP) is 4.58. The summed E-state index contributed by atoms with van der Waals surface area (Å²) in [6, 6.07) is 11.3. The third kappa shape index (κ3) is 5.87. The van der Waals surface area contributed by atoms with Crippen LogP contribution in [0, 0.1) is 12.8 Å². The first kappa shape index (κ1) is 30.3. The number of amides is 3. The predicted molar refractivity (Wildman–Crippen MR) is 157 cm³/mol. The molecule has 0 unspecified atom stereocenters. The molecule has 1 atom stereocenters. The Bertz CT molecular complexity index is 1370. The van der Waals surface area contributed by atoms with Crippen LogP contribution in [-0.2, 0) is 19.1 Å². The zero-order valence-electron chi connectivity index (χ0n) is 23.8. The largest absolute Gasteiger partial charge is 0.466 e. The van der Waals surface area contributed by atoms with Gasteiger partial charge in [0.15, 0.2) is 0 Å². The van der Waals surface area contributed by atoms with Gasteiger partial charge in [0.1, 0.15) is 11.8 Å². The lowest BCUT2D eigenvalue weighted by molar-refractivity contribution is -0.152. The molecule has 3 amide bonds. The smallest absolute Gasteiger partial charge is 0.309 e. The second-order valence-electron chi connectivity index (χ2n) is 11.0. The third-order valence-electron chi connectivity index (χ3n) is 8.56. The fourth-order valence-corrected chi connectivity index (χ4v) is 6.47. The molecule has 1 spiro atoms. The molecule has 9 nitrogen and oxygen atoms in total. The first-order chi connectivity index (χ1) is 20.1. The number of ether oxygens (including phenoxy) is 2. The van der Waals surface area contributed by atoms with E-state index in [0.717, 1.165) is 5.56 Å². The van der Waals surface area contributed by atoms with Crippen LogP contribution in [0.25, 0.3) is 0 Å². The van der Waals surface area contributed by atoms with Gasteiger partial charge in [-0.25, -0.2) is 0 Å². The Kier molecular flexibility index (Phi) is 9.11. The Morgan fingerprint density at radius 3 is 2.26 bits per heavy atom. The highest BCUT2D eigenvalue weighted by molar-refractivity contribution is 6.42. The van der Waals surface area contributed by atoms with E-state index in [2.05, 4.69) is 0 Å². The highest BCUT2D eigenvalue weighted by atomic mass is 35.5. The van der Waals surface area contributed by atoms with Gasteiger partial charge in [-0.15, -0.1) is 0 Å². The monoisotopic (exact) mass is 615 g/mol. The van der Waals surface area contributed by atoms with Crippen LogP contribution in [0.1, 0.15) is 58.9 Å². The Morgan fingerprint density at radius 1 is 0.929 bits per heavy atom. The average molecular weight is 617 g/mol. The molecule has 0 saturated carbocycles. The van der Waals surface area contributed by atoms with Crippen molar-refractivity contribution in [2.75, 3.05) is 39.4 Å². The molecule has 2 aromatic rings. The lowest BCUT2D eigenvalue weighted by Gasteiger charge is -2.45. The minimum atomic E-state index is -1.03. The van der Waals surface area contributed by atoms with E-state index in [4.69, 9.17) is 32.7 Å². The van der Waals surface area contributed by atoms with E-state index in [9.17, 15) is 19.2 Å². The van der Waals surface area contributed by atoms with Crippen molar-refractivity contribution in [3.05, 3.63) is 69.2 Å². The molecule has 0 N–H and O–H groups in total. The number of carbonyl (C=O) groups is 4. The number of nitrogens with zero attached hydrogens (tertiary/aromatic N) is 3. The topological polar surface area (TPSA) is 96.5 Å². The summed E-state index contributed by atoms with van der Waals surface area (Å²) in [6.45, 7) is 5.52. The molecule has 0 aromatic heterocycles. The van der Waals surface area contributed by atoms with Gasteiger partial charge in [-0.1, -0.05) is 41.4 Å². The lowest BCUT2D eigenvalue weighted by Crippen LogP contribution is -2.60. The number of hydrogen-bond donors (Lipinski definition) is 0. The summed E-state index contributed by atoms with van der Waals surface area (Å²) in [4.78, 5) is 58.6. The normalized spacial score (nSPS) is 20.6. The van der Waals surface area contributed by atoms with Crippen LogP contribution in [0.3, 0.4) is 0 Å². The van der Waals surface area contributed by atoms with Crippen molar-refractivity contribution in [1.29, 1.82) is 0 Å². The van der Waals surface area contributed by atoms with E-state index in [-0.39, 0.29) is 36.2 Å². The van der Waals surface area contributed by atoms with Crippen LogP contribution in [-0.4, -0.2) is 89.6 Å². The van der Waals surface area contributed by atoms with E-state index in [0.29, 0.717) is 79.6 Å². The van der Waals surface area contributed by atoms with E-state index in [1.54, 1.807) is 52.0 Å². The number of likely N-dealkylation sites (tertiary alicyclic amines) is 2. The molecule has 0 radical (unpaired) electrons. The molecule has 42 heavy (non-hydrogen) atoms. The molecule has 11 heteroatoms. The summed E-state index contributed by atoms with van der Waals surface area (Å²) >= 11 is 12.2. The lowest BCUT2D eigenvalue weighted by atomic mass is 9.94. The van der Waals surface area contributed by atoms with Crippen LogP contribution < -0.4 is 0 Å². The molecular formula is C31H35Cl2N3O6. The zero-order chi connectivity index (χ0) is 30.0. The fourth-order valence-electron chi connectivity index (χ4n) is 6.18. The van der Waals surface area contributed by atoms with Gasteiger partial charge < -0.3 is 19.3 Å². The van der Waals surface area contributed by atoms with Crippen LogP contribution in [0.4, 0.5) is 0 Å². The molecule has 0 aliphatic carbocycles. The summed E-state index contributed by atoms with van der Waals surface area (Å²) in [7, 11) is 0. The van der Waals surface area contributed by atoms with E-state index in [1.165, 1.54) is 0 Å². The maximum Gasteiger partial charge on any atom is 0.309 e. The number of rotatable bonds is 5. The van der Waals surface area contributed by atoms with Crippen molar-refractivity contribution in [1.82, 2.24) is 14.7 Å². The molecule has 3 aliphatic rings. The first-order valence-electron chi connectivity index (χ1n) is 14.4. The third-order valence-corrected chi connectivity index (χ3v) is 9.30. The molecule has 3 saturated heterocycles. The van der Waals surface area contributed by atoms with Crippen LogP contribution in [0.2, 0.25) is 10.0 Å². The van der Waals surface area contributed by atoms with Gasteiger partial charge in [0.25, 0.3) is 11.8 Å². The molecule has 3 aliphatic heterocycles. The van der Waals surface area contributed by atoms with Crippen molar-refractivity contribution < 1.29 is 28.7 Å². The quantitative estimate of drug-likeness (QED) is 0.457. The SMILES string of the molecule is CCOC(=O)C1CCN(C(=O)[C@@H]2COC3(CCN(C(=O)c4ccc(Cl)c(Cl)c4)CC3)N2C(=O)c2ccccc2C)CC1. The summed E-state index contributed by atoms with van der Waals surface area (Å²) in [5, 5.41) is 0.675. The van der Waals surface area contributed by atoms with Gasteiger partial charge in [0.2, 0.25) is 5.91 Å². The van der Waals surface area contributed by atoms with Gasteiger partial charge in [0.05, 0.1) is 29.2 Å². The van der Waals surface area contributed by atoms with E-state index >= 15 is 0 Å². The minimum absolute atomic E-state index is 0.0645. The van der Waals surface area contributed by atoms with Gasteiger partial charge in [0, 0.05) is 50.1 Å². The van der Waals surface area contributed by atoms with Gasteiger partial charge in [-0.05, 0) is 56.5 Å². The number of piperidine rings is 2. The van der Waals surface area contributed by atoms with Crippen molar-refractivity contribution in [2.45, 2.75) is 51.3 Å². The fraction of sp³-hybridized carbons (Fsp3) is 0.484. The molecular weight excluding hydrogens is 581 g/mol. The summed E-state index contributed by atoms with van der Waals surface area (Å²) in [5.41, 5.74) is 0.714. The number of carbonyl (C=O) groups excluding carboxylic acids is 4. The Hall–Kier alpha value is -3.14. The summed E-state index contributed by atoms with van der Waals surface area (Å²) in [6.07, 6.45) is 1.74. The van der Waals surface area contributed by atoms with Crippen LogP contribution in [0.15, 0.2) is 42.5 Å². The summed E-state index contributed by atoms with van der Waals surface area (Å²) in [5.74, 6) is -1.11. The molecule has 3 heterocycles. The van der Waals surface area contributed by atoms with Crippen molar-refractivity contribution in [3.63, 3.8) is 0 Å². The van der Waals surface area contributed by atoms with Crippen LogP contribution in [0.5, 0.6) is 0 Å². The van der Waals surface area contributed by atoms with Crippen molar-refractivity contribution in [3.8, 4) is 0 Å². The number of aryl methyl sites for hydroxylation is 1. The maximum atomic E-state index is 14.2. The zero-order valence-corrected chi connectivity index (χ0v) is 25.3. The maximum absolute atomic E-state index is 14.2. The van der Waals surface area contributed by atoms with E-state index in [1.807, 2.05) is 19.1 Å². The number of benzene rings is 2. The molecule has 2 aromatic carbocycles. The highest BCUT2D eigenvalue weighted by Crippen LogP contribution is 2.40. The number of halogens is 2. The second-order valence-corrected chi connectivity index (χ2v) is 11.9. The second kappa shape index (κ2) is 12.6. The summed E-state index contributed by atoms with van der Waals surface area (Å²) < 4.78 is 11.5. The van der Waals surface area contributed by atoms with Gasteiger partial charge in [-0.2, -0.15) is 0 Å². The van der Waals surface area contributed by atoms with Gasteiger partial charge in [-0.3, -0.25) is 24.1 Å². The molecule has 5 rings (SSSR count).